The zero-order valence-corrected chi connectivity index (χ0v) is 10.6. The zero-order chi connectivity index (χ0) is 15.0. The van der Waals surface area contributed by atoms with E-state index in [1.54, 1.807) is 0 Å². The predicted molar refractivity (Wildman–Crippen MR) is 65.2 cm³/mol. The van der Waals surface area contributed by atoms with Crippen molar-refractivity contribution in [3.63, 3.8) is 0 Å². The van der Waals surface area contributed by atoms with Gasteiger partial charge in [0.2, 0.25) is 0 Å². The lowest BCUT2D eigenvalue weighted by Crippen LogP contribution is -2.51. The van der Waals surface area contributed by atoms with Gasteiger partial charge in [0.15, 0.2) is 0 Å². The molecule has 0 fully saturated rings. The Morgan fingerprint density at radius 2 is 1.42 bits per heavy atom. The van der Waals surface area contributed by atoms with Crippen molar-refractivity contribution in [3.05, 3.63) is 0 Å². The number of amides is 2. The van der Waals surface area contributed by atoms with Crippen LogP contribution in [0.5, 0.6) is 0 Å². The smallest absolute Gasteiger partial charge is 0.327 e. The van der Waals surface area contributed by atoms with Gasteiger partial charge in [0.05, 0.1) is 0 Å². The van der Waals surface area contributed by atoms with E-state index >= 15 is 0 Å². The Morgan fingerprint density at radius 3 is 1.79 bits per heavy atom. The summed E-state index contributed by atoms with van der Waals surface area (Å²) in [5.41, 5.74) is 0. The normalized spacial score (nSPS) is 13.1. The van der Waals surface area contributed by atoms with Crippen molar-refractivity contribution in [1.82, 2.24) is 10.6 Å². The third-order valence-electron chi connectivity index (χ3n) is 2.04. The molecule has 0 heterocycles. The van der Waals surface area contributed by atoms with Crippen LogP contribution in [0, 0.1) is 0 Å². The van der Waals surface area contributed by atoms with Gasteiger partial charge >= 0.3 is 23.9 Å². The molecule has 0 saturated carbocycles. The summed E-state index contributed by atoms with van der Waals surface area (Å²) >= 11 is 3.71. The second-order valence-electron chi connectivity index (χ2n) is 3.51. The van der Waals surface area contributed by atoms with Crippen LogP contribution in [0.25, 0.3) is 0 Å². The van der Waals surface area contributed by atoms with Crippen LogP contribution >= 0.6 is 12.6 Å². The van der Waals surface area contributed by atoms with Crippen LogP contribution in [-0.4, -0.2) is 57.1 Å². The van der Waals surface area contributed by atoms with Gasteiger partial charge in [-0.05, 0) is 6.42 Å². The van der Waals surface area contributed by atoms with E-state index in [1.165, 1.54) is 0 Å². The van der Waals surface area contributed by atoms with Gasteiger partial charge in [0, 0.05) is 12.2 Å². The van der Waals surface area contributed by atoms with E-state index in [0.29, 0.717) is 0 Å². The molecule has 108 valence electrons. The summed E-state index contributed by atoms with van der Waals surface area (Å²) in [7, 11) is 0. The van der Waals surface area contributed by atoms with Crippen molar-refractivity contribution in [2.75, 3.05) is 5.75 Å². The average molecular weight is 294 g/mol. The Hall–Kier alpha value is -1.97. The van der Waals surface area contributed by atoms with E-state index in [4.69, 9.17) is 15.3 Å². The van der Waals surface area contributed by atoms with Gasteiger partial charge in [-0.25, -0.2) is 14.4 Å². The number of hydrogen-bond acceptors (Lipinski definition) is 5. The van der Waals surface area contributed by atoms with Crippen molar-refractivity contribution >= 4 is 36.6 Å². The molecular weight excluding hydrogens is 280 g/mol. The number of rotatable bonds is 8. The maximum atomic E-state index is 11.3. The van der Waals surface area contributed by atoms with Gasteiger partial charge in [0.1, 0.15) is 12.1 Å². The summed E-state index contributed by atoms with van der Waals surface area (Å²) in [4.78, 5) is 43.0. The molecule has 0 saturated heterocycles. The summed E-state index contributed by atoms with van der Waals surface area (Å²) in [6.07, 6.45) is -0.747. The van der Waals surface area contributed by atoms with Gasteiger partial charge in [-0.2, -0.15) is 12.6 Å². The van der Waals surface area contributed by atoms with Crippen molar-refractivity contribution in [3.8, 4) is 0 Å². The van der Waals surface area contributed by atoms with Gasteiger partial charge < -0.3 is 26.0 Å². The number of thiol groups is 1. The van der Waals surface area contributed by atoms with Gasteiger partial charge in [-0.1, -0.05) is 0 Å². The standard InChI is InChI=1S/C9H14N2O7S/c12-6(13)2-1-4(7(14)15)10-9(18)11-5(3-19)8(16)17/h4-5,19H,1-3H2,(H,12,13)(H,14,15)(H,16,17)(H2,10,11,18)/t4-,5+/m0/s1. The Bertz CT molecular complexity index is 374. The highest BCUT2D eigenvalue weighted by atomic mass is 32.1. The molecule has 5 N–H and O–H groups in total. The van der Waals surface area contributed by atoms with E-state index in [0.717, 1.165) is 0 Å². The first-order chi connectivity index (χ1) is 8.77. The fourth-order valence-electron chi connectivity index (χ4n) is 1.07. The Labute approximate surface area is 113 Å². The third-order valence-corrected chi connectivity index (χ3v) is 2.40. The lowest BCUT2D eigenvalue weighted by Gasteiger charge is -2.16. The number of hydrogen-bond donors (Lipinski definition) is 6. The topological polar surface area (TPSA) is 153 Å². The van der Waals surface area contributed by atoms with E-state index in [1.807, 2.05) is 10.6 Å². The molecule has 0 unspecified atom stereocenters. The highest BCUT2D eigenvalue weighted by Gasteiger charge is 2.23. The molecule has 0 aliphatic heterocycles. The van der Waals surface area contributed by atoms with E-state index < -0.39 is 42.4 Å². The number of carboxylic acid groups (broad SMARTS) is 3. The van der Waals surface area contributed by atoms with Crippen LogP contribution < -0.4 is 10.6 Å². The van der Waals surface area contributed by atoms with Crippen LogP contribution in [0.1, 0.15) is 12.8 Å². The minimum absolute atomic E-state index is 0.171. The fraction of sp³-hybridized carbons (Fsp3) is 0.556. The van der Waals surface area contributed by atoms with Crippen LogP contribution in [0.3, 0.4) is 0 Å². The molecule has 9 nitrogen and oxygen atoms in total. The van der Waals surface area contributed by atoms with Crippen molar-refractivity contribution in [2.45, 2.75) is 24.9 Å². The lowest BCUT2D eigenvalue weighted by atomic mass is 10.1. The summed E-state index contributed by atoms with van der Waals surface area (Å²) in [5.74, 6) is -4.10. The van der Waals surface area contributed by atoms with Crippen LogP contribution in [0.2, 0.25) is 0 Å². The van der Waals surface area contributed by atoms with E-state index in [-0.39, 0.29) is 12.2 Å². The Balaban J connectivity index is 4.42. The van der Waals surface area contributed by atoms with Gasteiger partial charge in [-0.3, -0.25) is 4.79 Å². The second-order valence-corrected chi connectivity index (χ2v) is 3.88. The molecule has 0 aromatic carbocycles. The molecule has 0 bridgehead atoms. The monoisotopic (exact) mass is 294 g/mol. The summed E-state index contributed by atoms with van der Waals surface area (Å²) in [5, 5.41) is 29.8. The lowest BCUT2D eigenvalue weighted by molar-refractivity contribution is -0.140. The largest absolute Gasteiger partial charge is 0.481 e. The molecule has 10 heteroatoms. The highest BCUT2D eigenvalue weighted by molar-refractivity contribution is 7.80. The Morgan fingerprint density at radius 1 is 0.947 bits per heavy atom. The van der Waals surface area contributed by atoms with Crippen molar-refractivity contribution < 1.29 is 34.5 Å². The molecule has 0 aromatic rings. The minimum atomic E-state index is -1.41. The number of carbonyl (C=O) groups is 4. The quantitative estimate of drug-likeness (QED) is 0.313. The molecule has 0 aromatic heterocycles. The van der Waals surface area contributed by atoms with E-state index in [9.17, 15) is 19.2 Å². The molecule has 0 aliphatic carbocycles. The molecule has 2 amide bonds. The Kier molecular flexibility index (Phi) is 7.34. The first-order valence-corrected chi connectivity index (χ1v) is 5.76. The molecule has 0 spiro atoms. The first kappa shape index (κ1) is 17.0. The van der Waals surface area contributed by atoms with Crippen LogP contribution in [0.4, 0.5) is 4.79 Å². The predicted octanol–water partition coefficient (Wildman–Crippen LogP) is -1.01. The second kappa shape index (κ2) is 8.19. The van der Waals surface area contributed by atoms with Crippen LogP contribution in [-0.2, 0) is 14.4 Å². The highest BCUT2D eigenvalue weighted by Crippen LogP contribution is 1.98. The number of carboxylic acids is 3. The number of aliphatic carboxylic acids is 3. The minimum Gasteiger partial charge on any atom is -0.481 e. The average Bonchev–Trinajstić information content (AvgIpc) is 2.30. The molecule has 19 heavy (non-hydrogen) atoms. The summed E-state index contributed by atoms with van der Waals surface area (Å²) in [6.45, 7) is 0. The zero-order valence-electron chi connectivity index (χ0n) is 9.70. The van der Waals surface area contributed by atoms with E-state index in [2.05, 4.69) is 12.6 Å². The van der Waals surface area contributed by atoms with Crippen LogP contribution in [0.15, 0.2) is 0 Å². The number of nitrogens with one attached hydrogen (secondary N) is 2. The van der Waals surface area contributed by atoms with Gasteiger partial charge in [0.25, 0.3) is 0 Å². The molecule has 0 rings (SSSR count). The fourth-order valence-corrected chi connectivity index (χ4v) is 1.32. The number of urea groups is 1. The third kappa shape index (κ3) is 7.13. The maximum Gasteiger partial charge on any atom is 0.327 e. The first-order valence-electron chi connectivity index (χ1n) is 5.13. The maximum absolute atomic E-state index is 11.3. The molecular formula is C9H14N2O7S. The molecule has 0 radical (unpaired) electrons. The number of carbonyl (C=O) groups excluding carboxylic acids is 1. The summed E-state index contributed by atoms with van der Waals surface area (Å²) < 4.78 is 0. The van der Waals surface area contributed by atoms with Gasteiger partial charge in [-0.15, -0.1) is 0 Å². The van der Waals surface area contributed by atoms with Crippen molar-refractivity contribution in [2.24, 2.45) is 0 Å². The summed E-state index contributed by atoms with van der Waals surface area (Å²) in [6, 6.07) is -3.69. The van der Waals surface area contributed by atoms with Crippen molar-refractivity contribution in [1.29, 1.82) is 0 Å². The SMILES string of the molecule is O=C(O)CC[C@H](NC(=O)N[C@H](CS)C(=O)O)C(=O)O. The molecule has 0 aliphatic rings. The molecule has 2 atom stereocenters.